The zero-order chi connectivity index (χ0) is 15.0. The van der Waals surface area contributed by atoms with Crippen LogP contribution in [0.25, 0.3) is 0 Å². The van der Waals surface area contributed by atoms with Crippen molar-refractivity contribution in [2.75, 3.05) is 0 Å². The van der Waals surface area contributed by atoms with E-state index in [0.29, 0.717) is 23.7 Å². The summed E-state index contributed by atoms with van der Waals surface area (Å²) in [5, 5.41) is 8.70. The Bertz CT molecular complexity index is 645. The standard InChI is InChI=1S/C15H19NO4S/c17-15(18)8-10-6-13(7-10)16-21(19,20)14-3-1-2-12(9-14)11-4-5-11/h1-3,9-11,13,16H,4-8H2,(H,17,18). The Balaban J connectivity index is 1.62. The molecule has 0 radical (unpaired) electrons. The molecule has 2 aliphatic carbocycles. The van der Waals surface area contributed by atoms with Gasteiger partial charge in [-0.05, 0) is 55.2 Å². The van der Waals surface area contributed by atoms with Crippen LogP contribution in [0.3, 0.4) is 0 Å². The molecule has 0 spiro atoms. The van der Waals surface area contributed by atoms with E-state index < -0.39 is 16.0 Å². The number of benzene rings is 1. The van der Waals surface area contributed by atoms with Crippen LogP contribution in [-0.2, 0) is 14.8 Å². The summed E-state index contributed by atoms with van der Waals surface area (Å²) in [5.41, 5.74) is 1.09. The van der Waals surface area contributed by atoms with E-state index in [1.165, 1.54) is 0 Å². The maximum atomic E-state index is 12.3. The van der Waals surface area contributed by atoms with E-state index in [-0.39, 0.29) is 18.4 Å². The van der Waals surface area contributed by atoms with Crippen LogP contribution in [0, 0.1) is 5.92 Å². The van der Waals surface area contributed by atoms with E-state index in [1.54, 1.807) is 18.2 Å². The third kappa shape index (κ3) is 3.44. The molecule has 0 aliphatic heterocycles. The highest BCUT2D eigenvalue weighted by Crippen LogP contribution is 2.40. The number of aliphatic carboxylic acids is 1. The normalized spacial score (nSPS) is 25.3. The van der Waals surface area contributed by atoms with Gasteiger partial charge in [-0.15, -0.1) is 0 Å². The molecule has 0 bridgehead atoms. The van der Waals surface area contributed by atoms with Gasteiger partial charge in [-0.25, -0.2) is 13.1 Å². The molecule has 0 amide bonds. The lowest BCUT2D eigenvalue weighted by molar-refractivity contribution is -0.138. The SMILES string of the molecule is O=C(O)CC1CC(NS(=O)(=O)c2cccc(C3CC3)c2)C1. The van der Waals surface area contributed by atoms with Gasteiger partial charge in [0.2, 0.25) is 10.0 Å². The van der Waals surface area contributed by atoms with Gasteiger partial charge in [0.25, 0.3) is 0 Å². The minimum atomic E-state index is -3.50. The van der Waals surface area contributed by atoms with Crippen molar-refractivity contribution in [2.45, 2.75) is 49.0 Å². The largest absolute Gasteiger partial charge is 0.481 e. The molecule has 2 saturated carbocycles. The van der Waals surface area contributed by atoms with Gasteiger partial charge in [-0.1, -0.05) is 12.1 Å². The minimum Gasteiger partial charge on any atom is -0.481 e. The topological polar surface area (TPSA) is 83.5 Å². The summed E-state index contributed by atoms with van der Waals surface area (Å²) < 4.78 is 27.3. The van der Waals surface area contributed by atoms with Crippen LogP contribution in [-0.4, -0.2) is 25.5 Å². The molecule has 2 fully saturated rings. The van der Waals surface area contributed by atoms with Gasteiger partial charge < -0.3 is 5.11 Å². The molecule has 5 nitrogen and oxygen atoms in total. The second kappa shape index (κ2) is 5.42. The van der Waals surface area contributed by atoms with Crippen molar-refractivity contribution < 1.29 is 18.3 Å². The smallest absolute Gasteiger partial charge is 0.303 e. The Morgan fingerprint density at radius 1 is 1.29 bits per heavy atom. The van der Waals surface area contributed by atoms with E-state index in [1.807, 2.05) is 6.07 Å². The van der Waals surface area contributed by atoms with Gasteiger partial charge in [-0.3, -0.25) is 4.79 Å². The van der Waals surface area contributed by atoms with Gasteiger partial charge in [0.1, 0.15) is 0 Å². The highest BCUT2D eigenvalue weighted by Gasteiger charge is 2.34. The molecule has 0 unspecified atom stereocenters. The first-order valence-corrected chi connectivity index (χ1v) is 8.76. The predicted octanol–water partition coefficient (Wildman–Crippen LogP) is 2.10. The van der Waals surface area contributed by atoms with Crippen molar-refractivity contribution in [3.05, 3.63) is 29.8 Å². The molecule has 0 saturated heterocycles. The number of carboxylic acid groups (broad SMARTS) is 1. The van der Waals surface area contributed by atoms with Crippen molar-refractivity contribution in [2.24, 2.45) is 5.92 Å². The number of sulfonamides is 1. The summed E-state index contributed by atoms with van der Waals surface area (Å²) in [4.78, 5) is 10.9. The molecule has 0 atom stereocenters. The van der Waals surface area contributed by atoms with E-state index in [4.69, 9.17) is 5.11 Å². The highest BCUT2D eigenvalue weighted by molar-refractivity contribution is 7.89. The van der Waals surface area contributed by atoms with Crippen LogP contribution >= 0.6 is 0 Å². The molecule has 2 N–H and O–H groups in total. The third-order valence-corrected chi connectivity index (χ3v) is 5.76. The molecule has 114 valence electrons. The molecular formula is C15H19NO4S. The van der Waals surface area contributed by atoms with Crippen molar-refractivity contribution in [3.8, 4) is 0 Å². The van der Waals surface area contributed by atoms with Gasteiger partial charge in [0.05, 0.1) is 4.90 Å². The zero-order valence-corrected chi connectivity index (χ0v) is 12.5. The van der Waals surface area contributed by atoms with Crippen LogP contribution in [0.2, 0.25) is 0 Å². The van der Waals surface area contributed by atoms with Crippen molar-refractivity contribution in [3.63, 3.8) is 0 Å². The lowest BCUT2D eigenvalue weighted by Crippen LogP contribution is -2.44. The Morgan fingerprint density at radius 2 is 2.00 bits per heavy atom. The van der Waals surface area contributed by atoms with Gasteiger partial charge >= 0.3 is 5.97 Å². The number of carboxylic acids is 1. The Morgan fingerprint density at radius 3 is 2.62 bits per heavy atom. The molecule has 3 rings (SSSR count). The number of nitrogens with one attached hydrogen (secondary N) is 1. The maximum Gasteiger partial charge on any atom is 0.303 e. The van der Waals surface area contributed by atoms with Gasteiger partial charge in [0, 0.05) is 12.5 Å². The average molecular weight is 309 g/mol. The summed E-state index contributed by atoms with van der Waals surface area (Å²) in [5.74, 6) is -0.213. The molecule has 0 heterocycles. The first-order valence-electron chi connectivity index (χ1n) is 7.28. The fraction of sp³-hybridized carbons (Fsp3) is 0.533. The monoisotopic (exact) mass is 309 g/mol. The van der Waals surface area contributed by atoms with E-state index >= 15 is 0 Å². The second-order valence-electron chi connectivity index (χ2n) is 6.10. The number of rotatable bonds is 6. The molecule has 1 aromatic carbocycles. The molecule has 1 aromatic rings. The van der Waals surface area contributed by atoms with E-state index in [9.17, 15) is 13.2 Å². The van der Waals surface area contributed by atoms with Crippen molar-refractivity contribution >= 4 is 16.0 Å². The summed E-state index contributed by atoms with van der Waals surface area (Å²) in [7, 11) is -3.50. The van der Waals surface area contributed by atoms with E-state index in [2.05, 4.69) is 4.72 Å². The fourth-order valence-electron chi connectivity index (χ4n) is 2.89. The highest BCUT2D eigenvalue weighted by atomic mass is 32.2. The lowest BCUT2D eigenvalue weighted by Gasteiger charge is -2.34. The first kappa shape index (κ1) is 14.5. The average Bonchev–Trinajstić information content (AvgIpc) is 3.20. The summed E-state index contributed by atoms with van der Waals surface area (Å²) in [6, 6.07) is 7.00. The van der Waals surface area contributed by atoms with Crippen molar-refractivity contribution in [1.82, 2.24) is 4.72 Å². The van der Waals surface area contributed by atoms with Crippen LogP contribution in [0.5, 0.6) is 0 Å². The second-order valence-corrected chi connectivity index (χ2v) is 7.81. The summed E-state index contributed by atoms with van der Waals surface area (Å²) >= 11 is 0. The van der Waals surface area contributed by atoms with Gasteiger partial charge in [-0.2, -0.15) is 0 Å². The van der Waals surface area contributed by atoms with Crippen LogP contribution in [0.1, 0.15) is 43.6 Å². The minimum absolute atomic E-state index is 0.0907. The Hall–Kier alpha value is -1.40. The summed E-state index contributed by atoms with van der Waals surface area (Å²) in [6.45, 7) is 0. The molecular weight excluding hydrogens is 290 g/mol. The van der Waals surface area contributed by atoms with E-state index in [0.717, 1.165) is 18.4 Å². The van der Waals surface area contributed by atoms with Crippen LogP contribution < -0.4 is 4.72 Å². The van der Waals surface area contributed by atoms with Gasteiger partial charge in [0.15, 0.2) is 0 Å². The predicted molar refractivity (Wildman–Crippen MR) is 77.5 cm³/mol. The lowest BCUT2D eigenvalue weighted by atomic mass is 9.79. The number of hydrogen-bond donors (Lipinski definition) is 2. The maximum absolute atomic E-state index is 12.3. The Kier molecular flexibility index (Phi) is 3.75. The molecule has 21 heavy (non-hydrogen) atoms. The van der Waals surface area contributed by atoms with Crippen molar-refractivity contribution in [1.29, 1.82) is 0 Å². The fourth-order valence-corrected chi connectivity index (χ4v) is 4.20. The molecule has 6 heteroatoms. The third-order valence-electron chi connectivity index (χ3n) is 4.24. The Labute approximate surface area is 124 Å². The molecule has 0 aromatic heterocycles. The van der Waals surface area contributed by atoms with Crippen LogP contribution in [0.4, 0.5) is 0 Å². The quantitative estimate of drug-likeness (QED) is 0.843. The number of hydrogen-bond acceptors (Lipinski definition) is 3. The molecule has 2 aliphatic rings. The van der Waals surface area contributed by atoms with Crippen LogP contribution in [0.15, 0.2) is 29.2 Å². The number of carbonyl (C=O) groups is 1. The summed E-state index contributed by atoms with van der Waals surface area (Å²) in [6.07, 6.45) is 3.60. The zero-order valence-electron chi connectivity index (χ0n) is 11.7. The first-order chi connectivity index (χ1) is 9.94.